The van der Waals surface area contributed by atoms with Gasteiger partial charge in [-0.15, -0.1) is 0 Å². The van der Waals surface area contributed by atoms with Crippen molar-refractivity contribution in [2.45, 2.75) is 31.5 Å². The molecule has 4 heterocycles. The number of piperidine rings is 1. The van der Waals surface area contributed by atoms with Crippen LogP contribution in [0.1, 0.15) is 29.6 Å². The van der Waals surface area contributed by atoms with Gasteiger partial charge in [0.25, 0.3) is 5.91 Å². The highest BCUT2D eigenvalue weighted by Crippen LogP contribution is 2.27. The van der Waals surface area contributed by atoms with Crippen LogP contribution in [0, 0.1) is 0 Å². The van der Waals surface area contributed by atoms with E-state index in [1.54, 1.807) is 17.0 Å². The van der Waals surface area contributed by atoms with E-state index in [0.29, 0.717) is 30.2 Å². The Kier molecular flexibility index (Phi) is 3.96. The van der Waals surface area contributed by atoms with Crippen LogP contribution in [0.3, 0.4) is 0 Å². The van der Waals surface area contributed by atoms with Crippen LogP contribution in [-0.2, 0) is 9.47 Å². The van der Waals surface area contributed by atoms with Crippen LogP contribution >= 0.6 is 11.6 Å². The lowest BCUT2D eigenvalue weighted by Crippen LogP contribution is -2.47. The fourth-order valence-corrected chi connectivity index (χ4v) is 3.70. The van der Waals surface area contributed by atoms with Crippen LogP contribution < -0.4 is 4.90 Å². The summed E-state index contributed by atoms with van der Waals surface area (Å²) < 4.78 is 10.2. The van der Waals surface area contributed by atoms with Gasteiger partial charge in [-0.1, -0.05) is 11.6 Å². The Bertz CT molecular complexity index is 677. The molecule has 0 radical (unpaired) electrons. The van der Waals surface area contributed by atoms with Gasteiger partial charge >= 0.3 is 6.16 Å². The van der Waals surface area contributed by atoms with Crippen molar-refractivity contribution in [2.75, 3.05) is 31.1 Å². The normalized spacial score (nSPS) is 26.1. The first-order valence-electron chi connectivity index (χ1n) is 8.19. The van der Waals surface area contributed by atoms with Gasteiger partial charge in [0.2, 0.25) is 0 Å². The van der Waals surface area contributed by atoms with E-state index in [4.69, 9.17) is 21.1 Å². The number of rotatable bonds is 2. The molecule has 3 saturated heterocycles. The lowest BCUT2D eigenvalue weighted by molar-refractivity contribution is 0.0391. The number of anilines is 1. The molecule has 1 aromatic heterocycles. The van der Waals surface area contributed by atoms with Crippen molar-refractivity contribution in [3.8, 4) is 0 Å². The highest BCUT2D eigenvalue weighted by atomic mass is 35.5. The fourth-order valence-electron chi connectivity index (χ4n) is 3.50. The average molecular weight is 352 g/mol. The van der Waals surface area contributed by atoms with Crippen LogP contribution in [0.2, 0.25) is 5.15 Å². The number of hydrogen-bond donors (Lipinski definition) is 0. The largest absolute Gasteiger partial charge is 0.509 e. The number of fused-ring (bicyclic) bond motifs is 1. The Morgan fingerprint density at radius 1 is 1.17 bits per heavy atom. The van der Waals surface area contributed by atoms with E-state index in [0.717, 1.165) is 31.7 Å². The number of amides is 1. The first kappa shape index (κ1) is 15.5. The Balaban J connectivity index is 1.52. The van der Waals surface area contributed by atoms with E-state index < -0.39 is 6.16 Å². The number of pyridine rings is 1. The third-order valence-electron chi connectivity index (χ3n) is 4.74. The SMILES string of the molecule is O=C1OC2CCN(C(=O)c3cc(Cl)nc(N4CCCC4)c3)CC2O1. The Morgan fingerprint density at radius 3 is 2.71 bits per heavy atom. The van der Waals surface area contributed by atoms with E-state index >= 15 is 0 Å². The summed E-state index contributed by atoms with van der Waals surface area (Å²) in [6.07, 6.45) is 1.55. The molecule has 7 nitrogen and oxygen atoms in total. The van der Waals surface area contributed by atoms with Crippen LogP contribution in [0.4, 0.5) is 10.6 Å². The summed E-state index contributed by atoms with van der Waals surface area (Å²) in [5, 5.41) is 0.313. The molecule has 4 rings (SSSR count). The van der Waals surface area contributed by atoms with Crippen LogP contribution in [0.15, 0.2) is 12.1 Å². The maximum Gasteiger partial charge on any atom is 0.509 e. The Labute approximate surface area is 144 Å². The molecule has 0 aromatic carbocycles. The number of halogens is 1. The van der Waals surface area contributed by atoms with E-state index in [-0.39, 0.29) is 18.1 Å². The first-order valence-corrected chi connectivity index (χ1v) is 8.57. The first-order chi connectivity index (χ1) is 11.6. The highest BCUT2D eigenvalue weighted by Gasteiger charge is 2.42. The van der Waals surface area contributed by atoms with Gasteiger partial charge in [-0.3, -0.25) is 4.79 Å². The minimum atomic E-state index is -0.650. The van der Waals surface area contributed by atoms with Gasteiger partial charge in [0.05, 0.1) is 6.54 Å². The van der Waals surface area contributed by atoms with Crippen molar-refractivity contribution >= 4 is 29.5 Å². The molecule has 0 bridgehead atoms. The zero-order chi connectivity index (χ0) is 16.7. The zero-order valence-corrected chi connectivity index (χ0v) is 13.9. The predicted molar refractivity (Wildman–Crippen MR) is 86.4 cm³/mol. The van der Waals surface area contributed by atoms with Gasteiger partial charge in [-0.2, -0.15) is 0 Å². The van der Waals surface area contributed by atoms with E-state index in [2.05, 4.69) is 9.88 Å². The molecule has 128 valence electrons. The number of ether oxygens (including phenoxy) is 2. The minimum Gasteiger partial charge on any atom is -0.427 e. The second-order valence-corrected chi connectivity index (χ2v) is 6.72. The predicted octanol–water partition coefficient (Wildman–Crippen LogP) is 2.09. The third kappa shape index (κ3) is 2.88. The smallest absolute Gasteiger partial charge is 0.427 e. The Morgan fingerprint density at radius 2 is 1.92 bits per heavy atom. The lowest BCUT2D eigenvalue weighted by atomic mass is 10.0. The molecular weight excluding hydrogens is 334 g/mol. The molecule has 0 aliphatic carbocycles. The van der Waals surface area contributed by atoms with Crippen LogP contribution in [-0.4, -0.2) is 60.3 Å². The molecule has 2 unspecified atom stereocenters. The summed E-state index contributed by atoms with van der Waals surface area (Å²) >= 11 is 6.12. The molecule has 3 aliphatic rings. The highest BCUT2D eigenvalue weighted by molar-refractivity contribution is 6.29. The van der Waals surface area contributed by atoms with Gasteiger partial charge in [0.15, 0.2) is 6.10 Å². The van der Waals surface area contributed by atoms with E-state index in [1.807, 2.05) is 0 Å². The molecule has 3 aliphatic heterocycles. The van der Waals surface area contributed by atoms with Crippen LogP contribution in [0.5, 0.6) is 0 Å². The standard InChI is InChI=1S/C16H18ClN3O4/c17-13-7-10(8-14(18-13)19-4-1-2-5-19)15(21)20-6-3-11-12(9-20)24-16(22)23-11/h7-8,11-12H,1-6,9H2. The Hall–Kier alpha value is -2.02. The molecular formula is C16H18ClN3O4. The second kappa shape index (κ2) is 6.12. The molecule has 24 heavy (non-hydrogen) atoms. The summed E-state index contributed by atoms with van der Waals surface area (Å²) in [6.45, 7) is 2.73. The lowest BCUT2D eigenvalue weighted by Gasteiger charge is -2.32. The van der Waals surface area contributed by atoms with Crippen molar-refractivity contribution in [3.63, 3.8) is 0 Å². The van der Waals surface area contributed by atoms with E-state index in [1.165, 1.54) is 0 Å². The topological polar surface area (TPSA) is 72.0 Å². The minimum absolute atomic E-state index is 0.124. The van der Waals surface area contributed by atoms with Crippen molar-refractivity contribution in [2.24, 2.45) is 0 Å². The maximum atomic E-state index is 12.8. The maximum absolute atomic E-state index is 12.8. The summed E-state index contributed by atoms with van der Waals surface area (Å²) in [4.78, 5) is 32.2. The van der Waals surface area contributed by atoms with Gasteiger partial charge in [-0.05, 0) is 25.0 Å². The van der Waals surface area contributed by atoms with Crippen molar-refractivity contribution in [3.05, 3.63) is 22.8 Å². The number of aromatic nitrogens is 1. The molecule has 0 saturated carbocycles. The summed E-state index contributed by atoms with van der Waals surface area (Å²) in [7, 11) is 0. The van der Waals surface area contributed by atoms with Crippen molar-refractivity contribution in [1.82, 2.24) is 9.88 Å². The van der Waals surface area contributed by atoms with Gasteiger partial charge in [-0.25, -0.2) is 9.78 Å². The number of likely N-dealkylation sites (tertiary alicyclic amines) is 1. The zero-order valence-electron chi connectivity index (χ0n) is 13.1. The van der Waals surface area contributed by atoms with Crippen LogP contribution in [0.25, 0.3) is 0 Å². The fraction of sp³-hybridized carbons (Fsp3) is 0.562. The van der Waals surface area contributed by atoms with Crippen molar-refractivity contribution in [1.29, 1.82) is 0 Å². The van der Waals surface area contributed by atoms with E-state index in [9.17, 15) is 9.59 Å². The molecule has 1 aromatic rings. The molecule has 0 spiro atoms. The summed E-state index contributed by atoms with van der Waals surface area (Å²) in [6, 6.07) is 3.38. The monoisotopic (exact) mass is 351 g/mol. The molecule has 8 heteroatoms. The molecule has 3 fully saturated rings. The number of carbonyl (C=O) groups excluding carboxylic acids is 2. The number of nitrogens with zero attached hydrogens (tertiary/aromatic N) is 3. The quantitative estimate of drug-likeness (QED) is 0.600. The van der Waals surface area contributed by atoms with Gasteiger partial charge in [0.1, 0.15) is 17.1 Å². The third-order valence-corrected chi connectivity index (χ3v) is 4.93. The number of hydrogen-bond acceptors (Lipinski definition) is 6. The van der Waals surface area contributed by atoms with Gasteiger partial charge in [0, 0.05) is 31.6 Å². The summed E-state index contributed by atoms with van der Waals surface area (Å²) in [5.74, 6) is 0.620. The molecule has 2 atom stereocenters. The summed E-state index contributed by atoms with van der Waals surface area (Å²) in [5.41, 5.74) is 0.514. The average Bonchev–Trinajstić information content (AvgIpc) is 3.21. The number of carbonyl (C=O) groups is 2. The van der Waals surface area contributed by atoms with Gasteiger partial charge < -0.3 is 19.3 Å². The second-order valence-electron chi connectivity index (χ2n) is 6.33. The molecule has 1 amide bonds. The molecule has 0 N–H and O–H groups in total. The van der Waals surface area contributed by atoms with Crippen molar-refractivity contribution < 1.29 is 19.1 Å².